The largest absolute Gasteiger partial charge is 1.00 e. The molecule has 0 radical (unpaired) electrons. The van der Waals surface area contributed by atoms with E-state index < -0.39 is 0 Å². The molecule has 0 bridgehead atoms. The maximum atomic E-state index is 12.1. The molecule has 0 aliphatic heterocycles. The van der Waals surface area contributed by atoms with E-state index in [-0.39, 0.29) is 31.5 Å². The fraction of sp³-hybridized carbons (Fsp3) is 0.316. The zero-order chi connectivity index (χ0) is 18.1. The van der Waals surface area contributed by atoms with E-state index >= 15 is 0 Å². The molecule has 5 nitrogen and oxygen atoms in total. The van der Waals surface area contributed by atoms with Gasteiger partial charge < -0.3 is 32.9 Å². The van der Waals surface area contributed by atoms with Gasteiger partial charge >= 0.3 is 0 Å². The molecule has 2 aromatic rings. The van der Waals surface area contributed by atoms with E-state index in [0.29, 0.717) is 18.7 Å². The first-order chi connectivity index (χ1) is 12.1. The van der Waals surface area contributed by atoms with Crippen LogP contribution in [-0.2, 0) is 11.3 Å². The molecule has 0 saturated carbocycles. The van der Waals surface area contributed by atoms with Crippen molar-refractivity contribution in [2.45, 2.75) is 19.9 Å². The number of halogens is 2. The molecule has 0 spiro atoms. The highest BCUT2D eigenvalue weighted by Crippen LogP contribution is 2.23. The second kappa shape index (κ2) is 11.9. The fourth-order valence-electron chi connectivity index (χ4n) is 2.30. The molecule has 0 heterocycles. The van der Waals surface area contributed by atoms with Crippen LogP contribution in [0.2, 0.25) is 0 Å². The van der Waals surface area contributed by atoms with Crippen LogP contribution in [-0.4, -0.2) is 30.8 Å². The van der Waals surface area contributed by atoms with Crippen LogP contribution in [0.25, 0.3) is 0 Å². The molecule has 142 valence electrons. The molecule has 0 saturated heterocycles. The minimum Gasteiger partial charge on any atom is -1.00 e. The molecular weight excluding hydrogens is 420 g/mol. The van der Waals surface area contributed by atoms with E-state index in [4.69, 9.17) is 9.84 Å². The summed E-state index contributed by atoms with van der Waals surface area (Å²) in [5.41, 5.74) is 2.75. The SMILES string of the molecule is Cc1ccccc1NC(=O)COc1ccc(Br)cc1CNCCCO.[Cl-]. The van der Waals surface area contributed by atoms with Crippen molar-refractivity contribution in [3.05, 3.63) is 58.1 Å². The van der Waals surface area contributed by atoms with Crippen molar-refractivity contribution in [1.82, 2.24) is 5.32 Å². The van der Waals surface area contributed by atoms with Gasteiger partial charge in [-0.3, -0.25) is 4.79 Å². The van der Waals surface area contributed by atoms with Crippen molar-refractivity contribution in [2.24, 2.45) is 0 Å². The first-order valence-corrected chi connectivity index (χ1v) is 8.97. The number of hydrogen-bond donors (Lipinski definition) is 3. The van der Waals surface area contributed by atoms with Gasteiger partial charge in [-0.1, -0.05) is 34.1 Å². The van der Waals surface area contributed by atoms with Gasteiger partial charge in [-0.2, -0.15) is 0 Å². The lowest BCUT2D eigenvalue weighted by Crippen LogP contribution is -3.00. The highest BCUT2D eigenvalue weighted by Gasteiger charge is 2.09. The van der Waals surface area contributed by atoms with Gasteiger partial charge in [0.15, 0.2) is 6.61 Å². The van der Waals surface area contributed by atoms with Gasteiger partial charge in [0.2, 0.25) is 0 Å². The molecular formula is C19H23BrClN2O3-. The summed E-state index contributed by atoms with van der Waals surface area (Å²) >= 11 is 3.45. The fourth-order valence-corrected chi connectivity index (χ4v) is 2.71. The lowest BCUT2D eigenvalue weighted by molar-refractivity contribution is -0.118. The van der Waals surface area contributed by atoms with Crippen molar-refractivity contribution in [3.63, 3.8) is 0 Å². The van der Waals surface area contributed by atoms with E-state index in [9.17, 15) is 4.79 Å². The van der Waals surface area contributed by atoms with Gasteiger partial charge in [-0.05, 0) is 49.7 Å². The van der Waals surface area contributed by atoms with Crippen LogP contribution in [0.5, 0.6) is 5.75 Å². The zero-order valence-corrected chi connectivity index (χ0v) is 16.9. The summed E-state index contributed by atoms with van der Waals surface area (Å²) in [4.78, 5) is 12.1. The number of aliphatic hydroxyl groups excluding tert-OH is 1. The average Bonchev–Trinajstić information content (AvgIpc) is 2.60. The molecule has 0 fully saturated rings. The van der Waals surface area contributed by atoms with Crippen LogP contribution in [0.4, 0.5) is 5.69 Å². The molecule has 1 amide bonds. The number of carbonyl (C=O) groups excluding carboxylic acids is 1. The number of hydrogen-bond acceptors (Lipinski definition) is 4. The number of nitrogens with one attached hydrogen (secondary N) is 2. The first kappa shape index (κ1) is 22.4. The molecule has 0 atom stereocenters. The van der Waals surface area contributed by atoms with Gasteiger partial charge in [0.05, 0.1) is 0 Å². The van der Waals surface area contributed by atoms with Gasteiger partial charge in [-0.25, -0.2) is 0 Å². The Kier molecular flexibility index (Phi) is 10.3. The summed E-state index contributed by atoms with van der Waals surface area (Å²) in [5.74, 6) is 0.469. The molecule has 2 rings (SSSR count). The first-order valence-electron chi connectivity index (χ1n) is 8.18. The van der Waals surface area contributed by atoms with Crippen molar-refractivity contribution in [2.75, 3.05) is 25.1 Å². The molecule has 0 aromatic heterocycles. The van der Waals surface area contributed by atoms with Crippen molar-refractivity contribution < 1.29 is 27.0 Å². The van der Waals surface area contributed by atoms with Gasteiger partial charge in [0.25, 0.3) is 5.91 Å². The number of para-hydroxylation sites is 1. The van der Waals surface area contributed by atoms with E-state index in [1.54, 1.807) is 0 Å². The number of amides is 1. The third kappa shape index (κ3) is 7.33. The Hall–Kier alpha value is -1.60. The highest BCUT2D eigenvalue weighted by atomic mass is 79.9. The predicted molar refractivity (Wildman–Crippen MR) is 103 cm³/mol. The number of carbonyl (C=O) groups is 1. The normalized spacial score (nSPS) is 10.1. The van der Waals surface area contributed by atoms with E-state index in [1.165, 1.54) is 0 Å². The standard InChI is InChI=1S/C19H23BrN2O3.ClH/c1-14-5-2-3-6-17(14)22-19(24)13-25-18-8-7-16(20)11-15(18)12-21-9-4-10-23;/h2-3,5-8,11,21,23H,4,9-10,12-13H2,1H3,(H,22,24);1H/p-1. The topological polar surface area (TPSA) is 70.6 Å². The quantitative estimate of drug-likeness (QED) is 0.487. The molecule has 26 heavy (non-hydrogen) atoms. The Bertz CT molecular complexity index is 713. The van der Waals surface area contributed by atoms with Crippen molar-refractivity contribution >= 4 is 27.5 Å². The molecule has 7 heteroatoms. The smallest absolute Gasteiger partial charge is 0.262 e. The molecule has 0 aliphatic carbocycles. The summed E-state index contributed by atoms with van der Waals surface area (Å²) in [6.45, 7) is 3.37. The van der Waals surface area contributed by atoms with Crippen molar-refractivity contribution in [1.29, 1.82) is 0 Å². The predicted octanol–water partition coefficient (Wildman–Crippen LogP) is 0.251. The Labute approximate surface area is 168 Å². The van der Waals surface area contributed by atoms with E-state index in [2.05, 4.69) is 26.6 Å². The molecule has 3 N–H and O–H groups in total. The third-order valence-electron chi connectivity index (χ3n) is 3.63. The van der Waals surface area contributed by atoms with Gasteiger partial charge in [-0.15, -0.1) is 0 Å². The Balaban J connectivity index is 0.00000338. The molecule has 2 aromatic carbocycles. The summed E-state index contributed by atoms with van der Waals surface area (Å²) in [7, 11) is 0. The zero-order valence-electron chi connectivity index (χ0n) is 14.6. The van der Waals surface area contributed by atoms with Crippen LogP contribution >= 0.6 is 15.9 Å². The van der Waals surface area contributed by atoms with E-state index in [1.807, 2.05) is 49.4 Å². The van der Waals surface area contributed by atoms with Crippen LogP contribution < -0.4 is 27.8 Å². The average molecular weight is 443 g/mol. The highest BCUT2D eigenvalue weighted by molar-refractivity contribution is 9.10. The van der Waals surface area contributed by atoms with Crippen LogP contribution in [0, 0.1) is 6.92 Å². The van der Waals surface area contributed by atoms with Crippen LogP contribution in [0.1, 0.15) is 17.5 Å². The van der Waals surface area contributed by atoms with Gasteiger partial charge in [0.1, 0.15) is 5.75 Å². The van der Waals surface area contributed by atoms with Crippen LogP contribution in [0.3, 0.4) is 0 Å². The summed E-state index contributed by atoms with van der Waals surface area (Å²) in [5, 5.41) is 14.9. The number of benzene rings is 2. The Morgan fingerprint density at radius 1 is 1.23 bits per heavy atom. The number of aryl methyl sites for hydroxylation is 1. The monoisotopic (exact) mass is 441 g/mol. The summed E-state index contributed by atoms with van der Waals surface area (Å²) in [6.07, 6.45) is 0.697. The Morgan fingerprint density at radius 3 is 2.73 bits per heavy atom. The maximum absolute atomic E-state index is 12.1. The lowest BCUT2D eigenvalue weighted by Gasteiger charge is -2.13. The molecule has 0 unspecified atom stereocenters. The minimum atomic E-state index is -0.198. The van der Waals surface area contributed by atoms with Crippen molar-refractivity contribution in [3.8, 4) is 5.75 Å². The lowest BCUT2D eigenvalue weighted by atomic mass is 10.2. The minimum absolute atomic E-state index is 0. The maximum Gasteiger partial charge on any atom is 0.262 e. The Morgan fingerprint density at radius 2 is 2.00 bits per heavy atom. The second-order valence-electron chi connectivity index (χ2n) is 5.66. The number of aliphatic hydroxyl groups is 1. The van der Waals surface area contributed by atoms with Crippen LogP contribution in [0.15, 0.2) is 46.9 Å². The number of ether oxygens (including phenoxy) is 1. The van der Waals surface area contributed by atoms with Gasteiger partial charge in [0, 0.05) is 28.9 Å². The summed E-state index contributed by atoms with van der Waals surface area (Å²) < 4.78 is 6.65. The van der Waals surface area contributed by atoms with E-state index in [0.717, 1.165) is 27.8 Å². The summed E-state index contributed by atoms with van der Waals surface area (Å²) in [6, 6.07) is 13.3. The third-order valence-corrected chi connectivity index (χ3v) is 4.12. The molecule has 0 aliphatic rings. The second-order valence-corrected chi connectivity index (χ2v) is 6.57. The number of anilines is 1. The number of rotatable bonds is 9.